The normalized spacial score (nSPS) is 27.9. The molecule has 1 fully saturated rings. The maximum atomic E-state index is 9.71. The van der Waals surface area contributed by atoms with E-state index in [9.17, 15) is 5.11 Å². The predicted octanol–water partition coefficient (Wildman–Crippen LogP) is 1.65. The van der Waals surface area contributed by atoms with Gasteiger partial charge in [0.05, 0.1) is 6.10 Å². The Balaban J connectivity index is 1.95. The van der Waals surface area contributed by atoms with Crippen molar-refractivity contribution in [1.82, 2.24) is 10.3 Å². The first-order chi connectivity index (χ1) is 7.27. The Labute approximate surface area is 90.5 Å². The van der Waals surface area contributed by atoms with Crippen LogP contribution in [0.3, 0.4) is 0 Å². The lowest BCUT2D eigenvalue weighted by Crippen LogP contribution is -2.37. The molecule has 0 saturated heterocycles. The van der Waals surface area contributed by atoms with Crippen LogP contribution < -0.4 is 5.32 Å². The van der Waals surface area contributed by atoms with Crippen molar-refractivity contribution in [3.8, 4) is 0 Å². The fourth-order valence-electron chi connectivity index (χ4n) is 2.20. The van der Waals surface area contributed by atoms with E-state index in [1.54, 1.807) is 12.4 Å². The number of nitrogens with one attached hydrogen (secondary N) is 1. The highest BCUT2D eigenvalue weighted by atomic mass is 16.3. The van der Waals surface area contributed by atoms with Crippen molar-refractivity contribution in [3.63, 3.8) is 0 Å². The maximum Gasteiger partial charge on any atom is 0.0693 e. The Kier molecular flexibility index (Phi) is 3.34. The zero-order chi connectivity index (χ0) is 10.7. The third-order valence-electron chi connectivity index (χ3n) is 3.15. The van der Waals surface area contributed by atoms with Gasteiger partial charge in [-0.15, -0.1) is 0 Å². The quantitative estimate of drug-likeness (QED) is 0.790. The summed E-state index contributed by atoms with van der Waals surface area (Å²) in [7, 11) is 0. The Morgan fingerprint density at radius 2 is 2.13 bits per heavy atom. The van der Waals surface area contributed by atoms with Crippen molar-refractivity contribution in [2.45, 2.75) is 44.4 Å². The van der Waals surface area contributed by atoms with Crippen molar-refractivity contribution in [1.29, 1.82) is 0 Å². The number of hydrogen-bond acceptors (Lipinski definition) is 3. The van der Waals surface area contributed by atoms with Gasteiger partial charge in [0.1, 0.15) is 0 Å². The summed E-state index contributed by atoms with van der Waals surface area (Å²) in [5, 5.41) is 13.2. The molecule has 15 heavy (non-hydrogen) atoms. The van der Waals surface area contributed by atoms with Crippen LogP contribution >= 0.6 is 0 Å². The largest absolute Gasteiger partial charge is 0.392 e. The molecule has 3 nitrogen and oxygen atoms in total. The molecule has 1 aliphatic rings. The van der Waals surface area contributed by atoms with E-state index < -0.39 is 0 Å². The molecule has 0 spiro atoms. The molecule has 1 heterocycles. The second kappa shape index (κ2) is 4.73. The fraction of sp³-hybridized carbons (Fsp3) is 0.583. The van der Waals surface area contributed by atoms with Gasteiger partial charge in [-0.2, -0.15) is 0 Å². The predicted molar refractivity (Wildman–Crippen MR) is 59.4 cm³/mol. The van der Waals surface area contributed by atoms with E-state index in [-0.39, 0.29) is 18.2 Å². The molecule has 0 amide bonds. The number of aromatic nitrogens is 1. The summed E-state index contributed by atoms with van der Waals surface area (Å²) in [6, 6.07) is 4.57. The van der Waals surface area contributed by atoms with Gasteiger partial charge >= 0.3 is 0 Å². The lowest BCUT2D eigenvalue weighted by molar-refractivity contribution is 0.144. The third-order valence-corrected chi connectivity index (χ3v) is 3.15. The smallest absolute Gasteiger partial charge is 0.0693 e. The molecule has 1 aliphatic carbocycles. The molecule has 1 aromatic heterocycles. The lowest BCUT2D eigenvalue weighted by Gasteiger charge is -2.22. The van der Waals surface area contributed by atoms with Crippen LogP contribution in [0.2, 0.25) is 0 Å². The molecule has 0 radical (unpaired) electrons. The van der Waals surface area contributed by atoms with Gasteiger partial charge in [0.2, 0.25) is 0 Å². The number of aliphatic hydroxyl groups is 1. The minimum atomic E-state index is -0.172. The van der Waals surface area contributed by atoms with E-state index in [0.717, 1.165) is 19.3 Å². The van der Waals surface area contributed by atoms with Gasteiger partial charge in [-0.25, -0.2) is 0 Å². The number of pyridine rings is 1. The van der Waals surface area contributed by atoms with Gasteiger partial charge < -0.3 is 10.4 Å². The molecule has 3 heteroatoms. The Hall–Kier alpha value is -0.930. The second-order valence-electron chi connectivity index (χ2n) is 4.27. The first kappa shape index (κ1) is 10.6. The van der Waals surface area contributed by atoms with Crippen LogP contribution in [0.15, 0.2) is 24.5 Å². The number of nitrogens with zero attached hydrogens (tertiary/aromatic N) is 1. The molecule has 2 rings (SSSR count). The second-order valence-corrected chi connectivity index (χ2v) is 4.27. The van der Waals surface area contributed by atoms with Crippen LogP contribution in [-0.2, 0) is 0 Å². The summed E-state index contributed by atoms with van der Waals surface area (Å²) in [4.78, 5) is 4.00. The molecule has 1 aromatic rings. The van der Waals surface area contributed by atoms with E-state index in [1.807, 2.05) is 12.1 Å². The van der Waals surface area contributed by atoms with Gasteiger partial charge in [-0.1, -0.05) is 0 Å². The van der Waals surface area contributed by atoms with Crippen LogP contribution in [0.4, 0.5) is 0 Å². The first-order valence-corrected chi connectivity index (χ1v) is 5.61. The molecular formula is C12H18N2O. The van der Waals surface area contributed by atoms with Crippen molar-refractivity contribution < 1.29 is 5.11 Å². The maximum absolute atomic E-state index is 9.71. The summed E-state index contributed by atoms with van der Waals surface area (Å²) < 4.78 is 0. The molecule has 0 aromatic carbocycles. The average molecular weight is 206 g/mol. The topological polar surface area (TPSA) is 45.1 Å². The van der Waals surface area contributed by atoms with E-state index >= 15 is 0 Å². The lowest BCUT2D eigenvalue weighted by atomic mass is 10.1. The first-order valence-electron chi connectivity index (χ1n) is 5.61. The zero-order valence-corrected chi connectivity index (χ0v) is 9.06. The Bertz CT molecular complexity index is 302. The highest BCUT2D eigenvalue weighted by molar-refractivity contribution is 5.14. The van der Waals surface area contributed by atoms with Gasteiger partial charge in [0.25, 0.3) is 0 Å². The minimum absolute atomic E-state index is 0.172. The summed E-state index contributed by atoms with van der Waals surface area (Å²) in [5.74, 6) is 0. The van der Waals surface area contributed by atoms with Crippen LogP contribution in [0.1, 0.15) is 37.8 Å². The van der Waals surface area contributed by atoms with Crippen LogP contribution in [0.25, 0.3) is 0 Å². The fourth-order valence-corrected chi connectivity index (χ4v) is 2.20. The molecular weight excluding hydrogens is 188 g/mol. The van der Waals surface area contributed by atoms with Crippen molar-refractivity contribution in [2.75, 3.05) is 0 Å². The van der Waals surface area contributed by atoms with Crippen molar-refractivity contribution in [3.05, 3.63) is 30.1 Å². The average Bonchev–Trinajstić information content (AvgIpc) is 2.66. The Morgan fingerprint density at radius 1 is 1.40 bits per heavy atom. The van der Waals surface area contributed by atoms with Crippen molar-refractivity contribution >= 4 is 0 Å². The minimum Gasteiger partial charge on any atom is -0.392 e. The number of aliphatic hydroxyl groups excluding tert-OH is 1. The third kappa shape index (κ3) is 2.55. The van der Waals surface area contributed by atoms with E-state index in [2.05, 4.69) is 17.2 Å². The number of hydrogen-bond donors (Lipinski definition) is 2. The van der Waals surface area contributed by atoms with E-state index in [4.69, 9.17) is 0 Å². The molecule has 82 valence electrons. The summed E-state index contributed by atoms with van der Waals surface area (Å²) in [5.41, 5.74) is 1.23. The van der Waals surface area contributed by atoms with Crippen LogP contribution in [0, 0.1) is 0 Å². The summed E-state index contributed by atoms with van der Waals surface area (Å²) in [6.07, 6.45) is 6.57. The summed E-state index contributed by atoms with van der Waals surface area (Å²) >= 11 is 0. The molecule has 3 atom stereocenters. The highest BCUT2D eigenvalue weighted by Crippen LogP contribution is 2.22. The van der Waals surface area contributed by atoms with Crippen molar-refractivity contribution in [2.24, 2.45) is 0 Å². The highest BCUT2D eigenvalue weighted by Gasteiger charge is 2.26. The molecule has 0 aliphatic heterocycles. The summed E-state index contributed by atoms with van der Waals surface area (Å²) in [6.45, 7) is 2.13. The Morgan fingerprint density at radius 3 is 2.73 bits per heavy atom. The van der Waals surface area contributed by atoms with Crippen LogP contribution in [-0.4, -0.2) is 22.2 Å². The van der Waals surface area contributed by atoms with Crippen LogP contribution in [0.5, 0.6) is 0 Å². The molecule has 0 bridgehead atoms. The monoisotopic (exact) mass is 206 g/mol. The van der Waals surface area contributed by atoms with E-state index in [0.29, 0.717) is 0 Å². The zero-order valence-electron chi connectivity index (χ0n) is 9.06. The molecule has 2 unspecified atom stereocenters. The molecule has 1 saturated carbocycles. The van der Waals surface area contributed by atoms with Gasteiger partial charge in [0, 0.05) is 24.5 Å². The van der Waals surface area contributed by atoms with Gasteiger partial charge in [-0.3, -0.25) is 4.98 Å². The standard InChI is InChI=1S/C12H18N2O/c1-9(10-5-7-13-8-6-10)14-11-3-2-4-12(11)15/h5-9,11-12,14-15H,2-4H2,1H3/t9-,11?,12?/m0/s1. The number of rotatable bonds is 3. The van der Waals surface area contributed by atoms with E-state index in [1.165, 1.54) is 5.56 Å². The molecule has 2 N–H and O–H groups in total. The van der Waals surface area contributed by atoms with Gasteiger partial charge in [0.15, 0.2) is 0 Å². The van der Waals surface area contributed by atoms with Gasteiger partial charge in [-0.05, 0) is 43.9 Å². The SMILES string of the molecule is C[C@H](NC1CCCC1O)c1ccncc1.